The standard InChI is InChI=1S/C11H14N4O3.C5H3BrN2O2/c1-9(16)13-4-6-14(7-5-13)10-2-3-11(12-8-10)15(17)18;6-4-1-2-5(7-3-4)8(9)10/h2-3,8H,4-7H2,1H3;1-3H. The summed E-state index contributed by atoms with van der Waals surface area (Å²) in [5, 5.41) is 20.5. The highest BCUT2D eigenvalue weighted by atomic mass is 79.9. The predicted octanol–water partition coefficient (Wildman–Crippen LogP) is 2.41. The Kier molecular flexibility index (Phi) is 7.32. The van der Waals surface area contributed by atoms with E-state index in [4.69, 9.17) is 0 Å². The maximum absolute atomic E-state index is 11.2. The second-order valence-electron chi connectivity index (χ2n) is 5.72. The summed E-state index contributed by atoms with van der Waals surface area (Å²) in [6, 6.07) is 6.00. The molecule has 0 aliphatic carbocycles. The van der Waals surface area contributed by atoms with Gasteiger partial charge >= 0.3 is 11.6 Å². The average molecular weight is 453 g/mol. The fraction of sp³-hybridized carbons (Fsp3) is 0.312. The Hall–Kier alpha value is -3.15. The Morgan fingerprint density at radius 2 is 1.50 bits per heavy atom. The van der Waals surface area contributed by atoms with E-state index in [0.717, 1.165) is 23.2 Å². The number of carbonyl (C=O) groups excluding carboxylic acids is 1. The van der Waals surface area contributed by atoms with E-state index in [9.17, 15) is 25.0 Å². The normalized spacial score (nSPS) is 13.4. The first-order valence-corrected chi connectivity index (χ1v) is 8.94. The first kappa shape index (κ1) is 21.2. The zero-order valence-corrected chi connectivity index (χ0v) is 16.5. The van der Waals surface area contributed by atoms with Crippen molar-refractivity contribution in [1.29, 1.82) is 0 Å². The molecule has 28 heavy (non-hydrogen) atoms. The van der Waals surface area contributed by atoms with E-state index in [1.54, 1.807) is 24.0 Å². The number of hydrogen-bond acceptors (Lipinski definition) is 8. The van der Waals surface area contributed by atoms with Crippen LogP contribution in [0.4, 0.5) is 17.3 Å². The molecule has 3 heterocycles. The number of aromatic nitrogens is 2. The van der Waals surface area contributed by atoms with E-state index in [0.29, 0.717) is 13.1 Å². The fourth-order valence-corrected chi connectivity index (χ4v) is 2.66. The number of carbonyl (C=O) groups is 1. The molecule has 1 aliphatic rings. The molecule has 0 saturated carbocycles. The van der Waals surface area contributed by atoms with Crippen LogP contribution in [0.3, 0.4) is 0 Å². The summed E-state index contributed by atoms with van der Waals surface area (Å²) in [5.41, 5.74) is 0.851. The smallest absolute Gasteiger partial charge is 0.363 e. The van der Waals surface area contributed by atoms with Crippen molar-refractivity contribution in [1.82, 2.24) is 14.9 Å². The lowest BCUT2D eigenvalue weighted by Gasteiger charge is -2.34. The lowest BCUT2D eigenvalue weighted by Crippen LogP contribution is -2.48. The van der Waals surface area contributed by atoms with Crippen molar-refractivity contribution in [3.63, 3.8) is 0 Å². The first-order chi connectivity index (χ1) is 13.3. The number of halogens is 1. The highest BCUT2D eigenvalue weighted by Gasteiger charge is 2.20. The second kappa shape index (κ2) is 9.69. The Labute approximate surface area is 168 Å². The monoisotopic (exact) mass is 452 g/mol. The number of piperazine rings is 1. The number of rotatable bonds is 3. The molecule has 12 heteroatoms. The van der Waals surface area contributed by atoms with E-state index in [1.807, 2.05) is 0 Å². The maximum atomic E-state index is 11.2. The lowest BCUT2D eigenvalue weighted by atomic mass is 10.2. The Morgan fingerprint density at radius 3 is 1.89 bits per heavy atom. The van der Waals surface area contributed by atoms with Crippen molar-refractivity contribution in [3.8, 4) is 0 Å². The van der Waals surface area contributed by atoms with Gasteiger partial charge in [0, 0.05) is 45.2 Å². The molecule has 0 radical (unpaired) electrons. The van der Waals surface area contributed by atoms with Gasteiger partial charge in [-0.3, -0.25) is 4.79 Å². The number of nitrogens with zero attached hydrogens (tertiary/aromatic N) is 6. The third-order valence-corrected chi connectivity index (χ3v) is 4.38. The average Bonchev–Trinajstić information content (AvgIpc) is 2.69. The van der Waals surface area contributed by atoms with Crippen LogP contribution in [0.25, 0.3) is 0 Å². The molecule has 3 rings (SSSR count). The molecule has 148 valence electrons. The molecule has 0 aromatic carbocycles. The minimum atomic E-state index is -0.535. The molecule has 0 spiro atoms. The van der Waals surface area contributed by atoms with Gasteiger partial charge in [0.05, 0.1) is 10.2 Å². The van der Waals surface area contributed by atoms with E-state index in [2.05, 4.69) is 30.8 Å². The predicted molar refractivity (Wildman–Crippen MR) is 104 cm³/mol. The largest absolute Gasteiger partial charge is 0.365 e. The van der Waals surface area contributed by atoms with Crippen LogP contribution in [0.2, 0.25) is 0 Å². The van der Waals surface area contributed by atoms with Gasteiger partial charge in [0.1, 0.15) is 0 Å². The van der Waals surface area contributed by atoms with Gasteiger partial charge in [0.25, 0.3) is 0 Å². The summed E-state index contributed by atoms with van der Waals surface area (Å²) in [4.78, 5) is 41.8. The molecule has 1 saturated heterocycles. The summed E-state index contributed by atoms with van der Waals surface area (Å²) < 4.78 is 0.734. The van der Waals surface area contributed by atoms with Gasteiger partial charge in [-0.15, -0.1) is 0 Å². The van der Waals surface area contributed by atoms with Crippen molar-refractivity contribution in [3.05, 3.63) is 61.4 Å². The maximum Gasteiger partial charge on any atom is 0.363 e. The third kappa shape index (κ3) is 5.94. The van der Waals surface area contributed by atoms with Crippen LogP contribution in [0, 0.1) is 20.2 Å². The Morgan fingerprint density at radius 1 is 0.964 bits per heavy atom. The summed E-state index contributed by atoms with van der Waals surface area (Å²) in [7, 11) is 0. The van der Waals surface area contributed by atoms with Crippen molar-refractivity contribution in [2.24, 2.45) is 0 Å². The van der Waals surface area contributed by atoms with Crippen LogP contribution in [-0.4, -0.2) is 56.8 Å². The molecular weight excluding hydrogens is 436 g/mol. The molecule has 0 unspecified atom stereocenters. The van der Waals surface area contributed by atoms with Crippen LogP contribution in [0.15, 0.2) is 41.1 Å². The summed E-state index contributed by atoms with van der Waals surface area (Å²) in [5.74, 6) is -0.208. The molecule has 0 N–H and O–H groups in total. The van der Waals surface area contributed by atoms with Crippen molar-refractivity contribution >= 4 is 39.2 Å². The highest BCUT2D eigenvalue weighted by Crippen LogP contribution is 2.18. The Balaban J connectivity index is 0.000000237. The zero-order valence-electron chi connectivity index (χ0n) is 14.9. The van der Waals surface area contributed by atoms with Gasteiger partial charge in [0.2, 0.25) is 5.91 Å². The Bertz CT molecular complexity index is 838. The van der Waals surface area contributed by atoms with Crippen molar-refractivity contribution < 1.29 is 14.6 Å². The summed E-state index contributed by atoms with van der Waals surface area (Å²) in [6.07, 6.45) is 2.89. The first-order valence-electron chi connectivity index (χ1n) is 8.15. The number of hydrogen-bond donors (Lipinski definition) is 0. The molecular formula is C16H17BrN6O5. The molecule has 1 aliphatic heterocycles. The second-order valence-corrected chi connectivity index (χ2v) is 6.63. The number of anilines is 1. The number of nitro groups is 2. The SMILES string of the molecule is CC(=O)N1CCN(c2ccc([N+](=O)[O-])nc2)CC1.O=[N+]([O-])c1ccc(Br)cn1. The third-order valence-electron chi connectivity index (χ3n) is 3.91. The van der Waals surface area contributed by atoms with E-state index in [1.165, 1.54) is 24.5 Å². The van der Waals surface area contributed by atoms with Gasteiger partial charge in [0.15, 0.2) is 12.4 Å². The van der Waals surface area contributed by atoms with Gasteiger partial charge in [-0.05, 0) is 47.9 Å². The number of amides is 1. The van der Waals surface area contributed by atoms with E-state index >= 15 is 0 Å². The van der Waals surface area contributed by atoms with E-state index in [-0.39, 0.29) is 17.5 Å². The molecule has 1 fully saturated rings. The van der Waals surface area contributed by atoms with Crippen LogP contribution in [-0.2, 0) is 4.79 Å². The minimum Gasteiger partial charge on any atom is -0.365 e. The van der Waals surface area contributed by atoms with Crippen LogP contribution in [0.1, 0.15) is 6.92 Å². The lowest BCUT2D eigenvalue weighted by molar-refractivity contribution is -0.389. The molecule has 2 aromatic heterocycles. The zero-order chi connectivity index (χ0) is 20.7. The van der Waals surface area contributed by atoms with Crippen LogP contribution >= 0.6 is 15.9 Å². The van der Waals surface area contributed by atoms with Crippen LogP contribution < -0.4 is 4.90 Å². The van der Waals surface area contributed by atoms with Gasteiger partial charge < -0.3 is 30.0 Å². The summed E-state index contributed by atoms with van der Waals surface area (Å²) >= 11 is 3.11. The summed E-state index contributed by atoms with van der Waals surface area (Å²) in [6.45, 7) is 4.35. The molecule has 2 aromatic rings. The van der Waals surface area contributed by atoms with Crippen molar-refractivity contribution in [2.75, 3.05) is 31.1 Å². The van der Waals surface area contributed by atoms with Crippen molar-refractivity contribution in [2.45, 2.75) is 6.92 Å². The minimum absolute atomic E-state index is 0.0801. The van der Waals surface area contributed by atoms with Gasteiger partial charge in [-0.1, -0.05) is 0 Å². The molecule has 11 nitrogen and oxygen atoms in total. The quantitative estimate of drug-likeness (QED) is 0.511. The molecule has 0 atom stereocenters. The fourth-order valence-electron chi connectivity index (χ4n) is 2.43. The van der Waals surface area contributed by atoms with Crippen LogP contribution in [0.5, 0.6) is 0 Å². The highest BCUT2D eigenvalue weighted by molar-refractivity contribution is 9.10. The number of pyridine rings is 2. The van der Waals surface area contributed by atoms with Gasteiger partial charge in [-0.25, -0.2) is 0 Å². The molecule has 1 amide bonds. The van der Waals surface area contributed by atoms with E-state index < -0.39 is 9.85 Å². The van der Waals surface area contributed by atoms with Gasteiger partial charge in [-0.2, -0.15) is 0 Å². The molecule has 0 bridgehead atoms. The topological polar surface area (TPSA) is 136 Å².